The first kappa shape index (κ1) is 12.0. The van der Waals surface area contributed by atoms with E-state index in [2.05, 4.69) is 22.6 Å². The molecule has 1 unspecified atom stereocenters. The number of rotatable bonds is 6. The predicted molar refractivity (Wildman–Crippen MR) is 66.7 cm³/mol. The Morgan fingerprint density at radius 2 is 2.38 bits per heavy atom. The molecule has 1 aliphatic rings. The largest absolute Gasteiger partial charge is 0.377 e. The highest BCUT2D eigenvalue weighted by atomic mass is 32.1. The molecule has 1 aromatic heterocycles. The minimum absolute atomic E-state index is 0.332. The van der Waals surface area contributed by atoms with E-state index in [0.717, 1.165) is 18.8 Å². The van der Waals surface area contributed by atoms with Gasteiger partial charge in [-0.3, -0.25) is 0 Å². The number of nitrogens with one attached hydrogen (secondary N) is 1. The van der Waals surface area contributed by atoms with Gasteiger partial charge in [-0.05, 0) is 19.8 Å². The van der Waals surface area contributed by atoms with Crippen LogP contribution in [0.3, 0.4) is 0 Å². The lowest BCUT2D eigenvalue weighted by Crippen LogP contribution is -2.25. The highest BCUT2D eigenvalue weighted by Gasteiger charge is 2.14. The third-order valence-corrected chi connectivity index (χ3v) is 3.71. The van der Waals surface area contributed by atoms with E-state index >= 15 is 0 Å². The second-order valence-electron chi connectivity index (χ2n) is 4.37. The normalized spacial score (nSPS) is 19.1. The lowest BCUT2D eigenvalue weighted by Gasteiger charge is -2.14. The van der Waals surface area contributed by atoms with Crippen LogP contribution in [-0.2, 0) is 4.74 Å². The molecular formula is C12H20N2OS. The van der Waals surface area contributed by atoms with E-state index in [4.69, 9.17) is 4.74 Å². The molecule has 1 aliphatic carbocycles. The number of thiazole rings is 1. The summed E-state index contributed by atoms with van der Waals surface area (Å²) in [6, 6.07) is 0.332. The van der Waals surface area contributed by atoms with Crippen LogP contribution in [0.2, 0.25) is 0 Å². The average Bonchev–Trinajstić information content (AvgIpc) is 2.96. The zero-order chi connectivity index (χ0) is 11.2. The summed E-state index contributed by atoms with van der Waals surface area (Å²) in [5, 5.41) is 5.52. The molecule has 0 aliphatic heterocycles. The second kappa shape index (κ2) is 6.33. The summed E-state index contributed by atoms with van der Waals surface area (Å²) < 4.78 is 5.79. The maximum Gasteiger partial charge on any atom is 0.0795 e. The maximum atomic E-state index is 5.79. The summed E-state index contributed by atoms with van der Waals surface area (Å²) in [5.41, 5.74) is 3.01. The molecule has 0 aromatic carbocycles. The predicted octanol–water partition coefficient (Wildman–Crippen LogP) is 2.75. The molecule has 1 atom stereocenters. The summed E-state index contributed by atoms with van der Waals surface area (Å²) in [6.45, 7) is 3.87. The van der Waals surface area contributed by atoms with Gasteiger partial charge in [0.1, 0.15) is 0 Å². The highest BCUT2D eigenvalue weighted by Crippen LogP contribution is 2.20. The first-order valence-electron chi connectivity index (χ1n) is 6.09. The van der Waals surface area contributed by atoms with E-state index < -0.39 is 0 Å². The van der Waals surface area contributed by atoms with Crippen molar-refractivity contribution in [3.8, 4) is 0 Å². The van der Waals surface area contributed by atoms with Gasteiger partial charge in [0.05, 0.1) is 23.9 Å². The van der Waals surface area contributed by atoms with Crippen LogP contribution < -0.4 is 5.32 Å². The molecule has 90 valence electrons. The third kappa shape index (κ3) is 3.54. The Morgan fingerprint density at radius 3 is 3.06 bits per heavy atom. The van der Waals surface area contributed by atoms with Crippen LogP contribution >= 0.6 is 11.3 Å². The smallest absolute Gasteiger partial charge is 0.0795 e. The van der Waals surface area contributed by atoms with Crippen LogP contribution in [0.25, 0.3) is 0 Å². The molecule has 0 bridgehead atoms. The molecule has 1 saturated carbocycles. The van der Waals surface area contributed by atoms with Crippen LogP contribution in [-0.4, -0.2) is 24.2 Å². The zero-order valence-electron chi connectivity index (χ0n) is 9.82. The van der Waals surface area contributed by atoms with E-state index in [1.54, 1.807) is 11.3 Å². The summed E-state index contributed by atoms with van der Waals surface area (Å²) in [6.07, 6.45) is 5.71. The van der Waals surface area contributed by atoms with Gasteiger partial charge in [-0.15, -0.1) is 11.3 Å². The highest BCUT2D eigenvalue weighted by molar-refractivity contribution is 7.07. The van der Waals surface area contributed by atoms with Crippen molar-refractivity contribution in [2.24, 2.45) is 0 Å². The molecule has 1 aromatic rings. The Balaban J connectivity index is 1.57. The van der Waals surface area contributed by atoms with Crippen LogP contribution in [0.15, 0.2) is 10.9 Å². The minimum Gasteiger partial charge on any atom is -0.377 e. The van der Waals surface area contributed by atoms with E-state index in [0.29, 0.717) is 12.1 Å². The van der Waals surface area contributed by atoms with E-state index in [-0.39, 0.29) is 0 Å². The van der Waals surface area contributed by atoms with Crippen LogP contribution in [0.4, 0.5) is 0 Å². The molecule has 16 heavy (non-hydrogen) atoms. The Bertz CT molecular complexity index is 283. The van der Waals surface area contributed by atoms with E-state index in [1.807, 2.05) is 5.51 Å². The van der Waals surface area contributed by atoms with Gasteiger partial charge in [0.2, 0.25) is 0 Å². The fourth-order valence-corrected chi connectivity index (χ4v) is 2.74. The number of aromatic nitrogens is 1. The Morgan fingerprint density at radius 1 is 1.56 bits per heavy atom. The third-order valence-electron chi connectivity index (χ3n) is 3.10. The van der Waals surface area contributed by atoms with Crippen LogP contribution in [0, 0.1) is 0 Å². The van der Waals surface area contributed by atoms with Crippen LogP contribution in [0.1, 0.15) is 44.3 Å². The molecular weight excluding hydrogens is 220 g/mol. The van der Waals surface area contributed by atoms with Gasteiger partial charge in [-0.1, -0.05) is 12.8 Å². The Hall–Kier alpha value is -0.450. The van der Waals surface area contributed by atoms with Crippen LogP contribution in [0.5, 0.6) is 0 Å². The van der Waals surface area contributed by atoms with Crippen molar-refractivity contribution in [2.45, 2.75) is 44.8 Å². The van der Waals surface area contributed by atoms with Crippen molar-refractivity contribution >= 4 is 11.3 Å². The first-order chi connectivity index (χ1) is 7.86. The van der Waals surface area contributed by atoms with Gasteiger partial charge in [-0.2, -0.15) is 0 Å². The number of nitrogens with zero attached hydrogens (tertiary/aromatic N) is 1. The molecule has 0 saturated heterocycles. The first-order valence-corrected chi connectivity index (χ1v) is 7.03. The number of hydrogen-bond donors (Lipinski definition) is 1. The molecule has 0 amide bonds. The van der Waals surface area contributed by atoms with E-state index in [1.165, 1.54) is 25.7 Å². The average molecular weight is 240 g/mol. The molecule has 0 spiro atoms. The maximum absolute atomic E-state index is 5.79. The number of ether oxygens (including phenoxy) is 1. The lowest BCUT2D eigenvalue weighted by molar-refractivity contribution is 0.0593. The lowest BCUT2D eigenvalue weighted by atomic mass is 10.2. The SMILES string of the molecule is CC(NCCOC1CCCC1)c1cscn1. The van der Waals surface area contributed by atoms with Gasteiger partial charge in [-0.25, -0.2) is 4.98 Å². The molecule has 2 rings (SSSR count). The molecule has 0 radical (unpaired) electrons. The van der Waals surface area contributed by atoms with Gasteiger partial charge in [0.25, 0.3) is 0 Å². The Labute approximate surface area is 101 Å². The standard InChI is InChI=1S/C12H20N2OS/c1-10(12-8-16-9-14-12)13-6-7-15-11-4-2-3-5-11/h8-11,13H,2-7H2,1H3. The van der Waals surface area contributed by atoms with Crippen molar-refractivity contribution in [2.75, 3.05) is 13.2 Å². The molecule has 3 nitrogen and oxygen atoms in total. The quantitative estimate of drug-likeness (QED) is 0.776. The van der Waals surface area contributed by atoms with Crippen molar-refractivity contribution in [3.63, 3.8) is 0 Å². The summed E-state index contributed by atoms with van der Waals surface area (Å²) in [5.74, 6) is 0. The monoisotopic (exact) mass is 240 g/mol. The number of hydrogen-bond acceptors (Lipinski definition) is 4. The fourth-order valence-electron chi connectivity index (χ4n) is 2.10. The second-order valence-corrected chi connectivity index (χ2v) is 5.09. The minimum atomic E-state index is 0.332. The Kier molecular flexibility index (Phi) is 4.75. The molecule has 4 heteroatoms. The van der Waals surface area contributed by atoms with Gasteiger partial charge in [0.15, 0.2) is 0 Å². The van der Waals surface area contributed by atoms with Gasteiger partial charge < -0.3 is 10.1 Å². The van der Waals surface area contributed by atoms with Crippen molar-refractivity contribution < 1.29 is 4.74 Å². The topological polar surface area (TPSA) is 34.1 Å². The molecule has 1 fully saturated rings. The molecule has 1 heterocycles. The van der Waals surface area contributed by atoms with Gasteiger partial charge in [0, 0.05) is 18.0 Å². The van der Waals surface area contributed by atoms with Crippen molar-refractivity contribution in [1.29, 1.82) is 0 Å². The summed E-state index contributed by atoms with van der Waals surface area (Å²) in [7, 11) is 0. The van der Waals surface area contributed by atoms with Crippen molar-refractivity contribution in [1.82, 2.24) is 10.3 Å². The van der Waals surface area contributed by atoms with E-state index in [9.17, 15) is 0 Å². The summed E-state index contributed by atoms with van der Waals surface area (Å²) >= 11 is 1.65. The van der Waals surface area contributed by atoms with Crippen molar-refractivity contribution in [3.05, 3.63) is 16.6 Å². The molecule has 1 N–H and O–H groups in total. The van der Waals surface area contributed by atoms with Gasteiger partial charge >= 0.3 is 0 Å². The fraction of sp³-hybridized carbons (Fsp3) is 0.750. The summed E-state index contributed by atoms with van der Waals surface area (Å²) in [4.78, 5) is 4.29. The zero-order valence-corrected chi connectivity index (χ0v) is 10.6.